The molecule has 1 aliphatic heterocycles. The van der Waals surface area contributed by atoms with Gasteiger partial charge in [0.05, 0.1) is 5.92 Å². The molecule has 0 amide bonds. The van der Waals surface area contributed by atoms with E-state index in [0.29, 0.717) is 12.2 Å². The summed E-state index contributed by atoms with van der Waals surface area (Å²) >= 11 is 0. The van der Waals surface area contributed by atoms with Gasteiger partial charge in [0.15, 0.2) is 0 Å². The van der Waals surface area contributed by atoms with Crippen molar-refractivity contribution in [2.24, 2.45) is 5.92 Å². The SMILES string of the molecule is C=C1C(C)C(=O)CCN1C. The van der Waals surface area contributed by atoms with E-state index in [1.165, 1.54) is 0 Å². The Hall–Kier alpha value is -0.790. The minimum atomic E-state index is 0.0405. The van der Waals surface area contributed by atoms with Gasteiger partial charge in [-0.3, -0.25) is 4.79 Å². The number of nitrogens with zero attached hydrogens (tertiary/aromatic N) is 1. The molecular weight excluding hydrogens is 126 g/mol. The molecule has 0 radical (unpaired) electrons. The van der Waals surface area contributed by atoms with Crippen LogP contribution in [-0.4, -0.2) is 24.3 Å². The standard InChI is InChI=1S/C8H13NO/c1-6-7(2)9(3)5-4-8(6)10/h6H,2,4-5H2,1,3H3. The van der Waals surface area contributed by atoms with Crippen molar-refractivity contribution in [3.8, 4) is 0 Å². The molecule has 1 unspecified atom stereocenters. The molecule has 1 rings (SSSR count). The van der Waals surface area contributed by atoms with Crippen LogP contribution in [0.3, 0.4) is 0 Å². The van der Waals surface area contributed by atoms with Crippen molar-refractivity contribution in [3.05, 3.63) is 12.3 Å². The summed E-state index contributed by atoms with van der Waals surface area (Å²) in [4.78, 5) is 13.1. The lowest BCUT2D eigenvalue weighted by atomic mass is 9.96. The molecular formula is C8H13NO. The van der Waals surface area contributed by atoms with E-state index in [-0.39, 0.29) is 5.92 Å². The van der Waals surface area contributed by atoms with Crippen molar-refractivity contribution >= 4 is 5.78 Å². The summed E-state index contributed by atoms with van der Waals surface area (Å²) in [5, 5.41) is 0. The Morgan fingerprint density at radius 2 is 2.30 bits per heavy atom. The van der Waals surface area contributed by atoms with Gasteiger partial charge in [-0.05, 0) is 6.92 Å². The quantitative estimate of drug-likeness (QED) is 0.500. The Kier molecular flexibility index (Phi) is 1.79. The first-order valence-electron chi connectivity index (χ1n) is 3.55. The van der Waals surface area contributed by atoms with Crippen LogP contribution in [0, 0.1) is 5.92 Å². The average molecular weight is 139 g/mol. The lowest BCUT2D eigenvalue weighted by Crippen LogP contribution is -2.34. The molecule has 2 nitrogen and oxygen atoms in total. The highest BCUT2D eigenvalue weighted by Crippen LogP contribution is 2.19. The first-order chi connectivity index (χ1) is 4.63. The summed E-state index contributed by atoms with van der Waals surface area (Å²) in [5.41, 5.74) is 0.955. The number of carbonyl (C=O) groups is 1. The van der Waals surface area contributed by atoms with Crippen LogP contribution in [-0.2, 0) is 4.79 Å². The van der Waals surface area contributed by atoms with Crippen LogP contribution >= 0.6 is 0 Å². The summed E-state index contributed by atoms with van der Waals surface area (Å²) < 4.78 is 0. The molecule has 1 fully saturated rings. The zero-order valence-electron chi connectivity index (χ0n) is 6.55. The fraction of sp³-hybridized carbons (Fsp3) is 0.625. The van der Waals surface area contributed by atoms with Crippen molar-refractivity contribution < 1.29 is 4.79 Å². The smallest absolute Gasteiger partial charge is 0.143 e. The number of rotatable bonds is 0. The van der Waals surface area contributed by atoms with Crippen molar-refractivity contribution in [1.82, 2.24) is 4.90 Å². The number of hydrogen-bond donors (Lipinski definition) is 0. The van der Waals surface area contributed by atoms with E-state index in [1.807, 2.05) is 18.9 Å². The number of Topliss-reactive ketones (excluding diaryl/α,β-unsaturated/α-hetero) is 1. The molecule has 0 aromatic carbocycles. The summed E-state index contributed by atoms with van der Waals surface area (Å²) in [5.74, 6) is 0.363. The van der Waals surface area contributed by atoms with Crippen LogP contribution in [0.15, 0.2) is 12.3 Å². The van der Waals surface area contributed by atoms with Gasteiger partial charge in [-0.15, -0.1) is 0 Å². The fourth-order valence-electron chi connectivity index (χ4n) is 1.15. The van der Waals surface area contributed by atoms with Crippen LogP contribution in [0.2, 0.25) is 0 Å². The first kappa shape index (κ1) is 7.32. The topological polar surface area (TPSA) is 20.3 Å². The zero-order valence-corrected chi connectivity index (χ0v) is 6.55. The molecule has 56 valence electrons. The predicted molar refractivity (Wildman–Crippen MR) is 40.6 cm³/mol. The molecule has 1 atom stereocenters. The minimum Gasteiger partial charge on any atom is -0.377 e. The van der Waals surface area contributed by atoms with Gasteiger partial charge in [-0.1, -0.05) is 6.58 Å². The molecule has 1 aliphatic rings. The van der Waals surface area contributed by atoms with Crippen LogP contribution in [0.4, 0.5) is 0 Å². The van der Waals surface area contributed by atoms with Crippen LogP contribution < -0.4 is 0 Å². The summed E-state index contributed by atoms with van der Waals surface area (Å²) in [6.07, 6.45) is 0.677. The van der Waals surface area contributed by atoms with E-state index in [4.69, 9.17) is 0 Å². The molecule has 0 aromatic rings. The van der Waals surface area contributed by atoms with E-state index < -0.39 is 0 Å². The summed E-state index contributed by atoms with van der Waals surface area (Å²) in [6.45, 7) is 6.58. The fourth-order valence-corrected chi connectivity index (χ4v) is 1.15. The molecule has 0 aliphatic carbocycles. The molecule has 0 aromatic heterocycles. The van der Waals surface area contributed by atoms with Gasteiger partial charge in [0.2, 0.25) is 0 Å². The number of allylic oxidation sites excluding steroid dienone is 1. The van der Waals surface area contributed by atoms with E-state index in [0.717, 1.165) is 12.2 Å². The second-order valence-electron chi connectivity index (χ2n) is 2.85. The third kappa shape index (κ3) is 1.06. The third-order valence-corrected chi connectivity index (χ3v) is 2.17. The molecule has 1 heterocycles. The average Bonchev–Trinajstić information content (AvgIpc) is 1.93. The molecule has 0 spiro atoms. The van der Waals surface area contributed by atoms with E-state index in [2.05, 4.69) is 6.58 Å². The normalized spacial score (nSPS) is 27.4. The molecule has 0 N–H and O–H groups in total. The van der Waals surface area contributed by atoms with Gasteiger partial charge in [-0.2, -0.15) is 0 Å². The van der Waals surface area contributed by atoms with Crippen LogP contribution in [0.1, 0.15) is 13.3 Å². The van der Waals surface area contributed by atoms with Gasteiger partial charge < -0.3 is 4.90 Å². The number of ketones is 1. The number of carbonyl (C=O) groups excluding carboxylic acids is 1. The Labute approximate surface area is 61.5 Å². The predicted octanol–water partition coefficient (Wildman–Crippen LogP) is 1.04. The molecule has 1 saturated heterocycles. The molecule has 2 heteroatoms. The van der Waals surface area contributed by atoms with Gasteiger partial charge in [-0.25, -0.2) is 0 Å². The second kappa shape index (κ2) is 2.45. The van der Waals surface area contributed by atoms with Gasteiger partial charge in [0.1, 0.15) is 5.78 Å². The molecule has 0 saturated carbocycles. The van der Waals surface area contributed by atoms with Crippen LogP contribution in [0.5, 0.6) is 0 Å². The Morgan fingerprint density at radius 3 is 2.80 bits per heavy atom. The van der Waals surface area contributed by atoms with Crippen molar-refractivity contribution in [3.63, 3.8) is 0 Å². The largest absolute Gasteiger partial charge is 0.377 e. The van der Waals surface area contributed by atoms with Crippen molar-refractivity contribution in [1.29, 1.82) is 0 Å². The minimum absolute atomic E-state index is 0.0405. The molecule has 10 heavy (non-hydrogen) atoms. The van der Waals surface area contributed by atoms with Gasteiger partial charge >= 0.3 is 0 Å². The monoisotopic (exact) mass is 139 g/mol. The van der Waals surface area contributed by atoms with E-state index in [1.54, 1.807) is 0 Å². The lowest BCUT2D eigenvalue weighted by molar-refractivity contribution is -0.123. The van der Waals surface area contributed by atoms with Crippen molar-refractivity contribution in [2.45, 2.75) is 13.3 Å². The van der Waals surface area contributed by atoms with Gasteiger partial charge in [0, 0.05) is 25.7 Å². The Balaban J connectivity index is 2.70. The van der Waals surface area contributed by atoms with E-state index >= 15 is 0 Å². The number of likely N-dealkylation sites (tertiary alicyclic amines) is 1. The maximum Gasteiger partial charge on any atom is 0.143 e. The lowest BCUT2D eigenvalue weighted by Gasteiger charge is -2.30. The highest BCUT2D eigenvalue weighted by molar-refractivity contribution is 5.84. The number of piperidine rings is 1. The second-order valence-corrected chi connectivity index (χ2v) is 2.85. The summed E-state index contributed by atoms with van der Waals surface area (Å²) in [7, 11) is 1.98. The maximum atomic E-state index is 11.1. The number of hydrogen-bond acceptors (Lipinski definition) is 2. The Bertz CT molecular complexity index is 174. The summed E-state index contributed by atoms with van der Waals surface area (Å²) in [6, 6.07) is 0. The van der Waals surface area contributed by atoms with E-state index in [9.17, 15) is 4.79 Å². The van der Waals surface area contributed by atoms with Crippen molar-refractivity contribution in [2.75, 3.05) is 13.6 Å². The highest BCUT2D eigenvalue weighted by Gasteiger charge is 2.23. The molecule has 0 bridgehead atoms. The Morgan fingerprint density at radius 1 is 1.70 bits per heavy atom. The highest BCUT2D eigenvalue weighted by atomic mass is 16.1. The van der Waals surface area contributed by atoms with Gasteiger partial charge in [0.25, 0.3) is 0 Å². The first-order valence-corrected chi connectivity index (χ1v) is 3.55. The van der Waals surface area contributed by atoms with Crippen LogP contribution in [0.25, 0.3) is 0 Å². The third-order valence-electron chi connectivity index (χ3n) is 2.17. The zero-order chi connectivity index (χ0) is 7.72. The maximum absolute atomic E-state index is 11.1.